The first-order chi connectivity index (χ1) is 10.1. The summed E-state index contributed by atoms with van der Waals surface area (Å²) in [5.41, 5.74) is -0.00634. The standard InChI is InChI=1S/C16H20O5/c1-2-3-4-5-6-7-8-9-10-12-13(11-14(17)18)16(20)21-15(12)19/h2-3,9-10H,4-8,11H2,1H3,(H,17,18)/b3-2+,10-9+. The number of ether oxygens (including phenoxy) is 1. The fraction of sp³-hybridized carbons (Fsp3) is 0.438. The lowest BCUT2D eigenvalue weighted by Gasteiger charge is -1.96. The molecule has 0 amide bonds. The van der Waals surface area contributed by atoms with E-state index in [9.17, 15) is 14.4 Å². The molecule has 0 aromatic heterocycles. The summed E-state index contributed by atoms with van der Waals surface area (Å²) in [5, 5.41) is 8.73. The summed E-state index contributed by atoms with van der Waals surface area (Å²) < 4.78 is 4.44. The van der Waals surface area contributed by atoms with Crippen molar-refractivity contribution in [2.24, 2.45) is 0 Å². The van der Waals surface area contributed by atoms with Gasteiger partial charge in [0.1, 0.15) is 0 Å². The number of hydrogen-bond donors (Lipinski definition) is 1. The van der Waals surface area contributed by atoms with E-state index in [-0.39, 0.29) is 11.1 Å². The maximum absolute atomic E-state index is 11.5. The molecule has 0 radical (unpaired) electrons. The molecule has 1 rings (SSSR count). The van der Waals surface area contributed by atoms with E-state index in [4.69, 9.17) is 5.11 Å². The summed E-state index contributed by atoms with van der Waals surface area (Å²) in [5.74, 6) is -2.78. The Hall–Kier alpha value is -2.17. The van der Waals surface area contributed by atoms with E-state index in [0.29, 0.717) is 0 Å². The highest BCUT2D eigenvalue weighted by atomic mass is 16.6. The first kappa shape index (κ1) is 16.9. The largest absolute Gasteiger partial charge is 0.481 e. The number of carboxylic acid groups (broad SMARTS) is 1. The number of esters is 2. The molecule has 0 bridgehead atoms. The van der Waals surface area contributed by atoms with Gasteiger partial charge in [-0.1, -0.05) is 30.7 Å². The SMILES string of the molecule is C/C=C/CCCCC/C=C/C1=C(CC(=O)O)C(=O)OC1=O. The average molecular weight is 292 g/mol. The van der Waals surface area contributed by atoms with Crippen molar-refractivity contribution in [3.8, 4) is 0 Å². The molecule has 0 saturated heterocycles. The maximum atomic E-state index is 11.5. The predicted octanol–water partition coefficient (Wildman–Crippen LogP) is 2.92. The van der Waals surface area contributed by atoms with Gasteiger partial charge in [-0.05, 0) is 32.6 Å². The van der Waals surface area contributed by atoms with E-state index >= 15 is 0 Å². The summed E-state index contributed by atoms with van der Waals surface area (Å²) in [4.78, 5) is 33.5. The van der Waals surface area contributed by atoms with Crippen LogP contribution in [0.4, 0.5) is 0 Å². The van der Waals surface area contributed by atoms with Crippen LogP contribution < -0.4 is 0 Å². The Balaban J connectivity index is 2.48. The van der Waals surface area contributed by atoms with Gasteiger partial charge < -0.3 is 9.84 Å². The lowest BCUT2D eigenvalue weighted by molar-refractivity contribution is -0.151. The van der Waals surface area contributed by atoms with Crippen LogP contribution in [0.5, 0.6) is 0 Å². The zero-order valence-corrected chi connectivity index (χ0v) is 12.1. The highest BCUT2D eigenvalue weighted by Gasteiger charge is 2.32. The number of carboxylic acids is 1. The Labute approximate surface area is 124 Å². The van der Waals surface area contributed by atoms with E-state index in [1.165, 1.54) is 6.08 Å². The van der Waals surface area contributed by atoms with Crippen LogP contribution in [0, 0.1) is 0 Å². The van der Waals surface area contributed by atoms with E-state index in [2.05, 4.69) is 10.8 Å². The summed E-state index contributed by atoms with van der Waals surface area (Å²) in [6.45, 7) is 1.99. The molecule has 114 valence electrons. The van der Waals surface area contributed by atoms with Crippen LogP contribution in [-0.2, 0) is 19.1 Å². The van der Waals surface area contributed by atoms with Gasteiger partial charge in [-0.3, -0.25) is 4.79 Å². The number of aliphatic carboxylic acids is 1. The normalized spacial score (nSPS) is 15.5. The van der Waals surface area contributed by atoms with Gasteiger partial charge >= 0.3 is 17.9 Å². The fourth-order valence-electron chi connectivity index (χ4n) is 1.99. The number of rotatable bonds is 9. The molecule has 5 nitrogen and oxygen atoms in total. The van der Waals surface area contributed by atoms with Crippen molar-refractivity contribution < 1.29 is 24.2 Å². The Kier molecular flexibility index (Phi) is 7.15. The van der Waals surface area contributed by atoms with Gasteiger partial charge in [0.05, 0.1) is 17.6 Å². The number of carbonyl (C=O) groups is 3. The summed E-state index contributed by atoms with van der Waals surface area (Å²) in [6.07, 6.45) is 12.0. The third-order valence-electron chi connectivity index (χ3n) is 3.07. The van der Waals surface area contributed by atoms with Gasteiger partial charge in [0.15, 0.2) is 0 Å². The van der Waals surface area contributed by atoms with Crippen molar-refractivity contribution in [1.29, 1.82) is 0 Å². The molecule has 0 fully saturated rings. The number of carbonyl (C=O) groups excluding carboxylic acids is 2. The topological polar surface area (TPSA) is 80.7 Å². The molecule has 1 N–H and O–H groups in total. The van der Waals surface area contributed by atoms with Crippen molar-refractivity contribution in [1.82, 2.24) is 0 Å². The lowest BCUT2D eigenvalue weighted by atomic mass is 10.1. The van der Waals surface area contributed by atoms with E-state index in [0.717, 1.165) is 32.1 Å². The van der Waals surface area contributed by atoms with Gasteiger partial charge in [0, 0.05) is 0 Å². The third kappa shape index (κ3) is 5.77. The zero-order chi connectivity index (χ0) is 15.7. The van der Waals surface area contributed by atoms with Crippen molar-refractivity contribution >= 4 is 17.9 Å². The van der Waals surface area contributed by atoms with E-state index in [1.54, 1.807) is 6.08 Å². The molecule has 0 aromatic carbocycles. The van der Waals surface area contributed by atoms with Crippen molar-refractivity contribution in [2.75, 3.05) is 0 Å². The molecule has 0 aliphatic carbocycles. The highest BCUT2D eigenvalue weighted by molar-refractivity contribution is 6.15. The van der Waals surface area contributed by atoms with E-state index in [1.807, 2.05) is 13.0 Å². The van der Waals surface area contributed by atoms with Crippen molar-refractivity contribution in [2.45, 2.75) is 45.4 Å². The average Bonchev–Trinajstić information content (AvgIpc) is 2.67. The summed E-state index contributed by atoms with van der Waals surface area (Å²) in [7, 11) is 0. The Morgan fingerprint density at radius 3 is 2.38 bits per heavy atom. The first-order valence-electron chi connectivity index (χ1n) is 7.05. The molecule has 5 heteroatoms. The smallest absolute Gasteiger partial charge is 0.346 e. The third-order valence-corrected chi connectivity index (χ3v) is 3.07. The second-order valence-electron chi connectivity index (χ2n) is 4.75. The summed E-state index contributed by atoms with van der Waals surface area (Å²) >= 11 is 0. The van der Waals surface area contributed by atoms with Gasteiger partial charge in [-0.2, -0.15) is 0 Å². The minimum absolute atomic E-state index is 0.0660. The van der Waals surface area contributed by atoms with Crippen LogP contribution >= 0.6 is 0 Å². The van der Waals surface area contributed by atoms with Crippen LogP contribution in [0.25, 0.3) is 0 Å². The number of hydrogen-bond acceptors (Lipinski definition) is 4. The van der Waals surface area contributed by atoms with E-state index < -0.39 is 24.3 Å². The molecule has 0 unspecified atom stereocenters. The number of allylic oxidation sites excluding steroid dienone is 3. The van der Waals surface area contributed by atoms with Crippen LogP contribution in [-0.4, -0.2) is 23.0 Å². The van der Waals surface area contributed by atoms with Gasteiger partial charge in [-0.15, -0.1) is 0 Å². The predicted molar refractivity (Wildman–Crippen MR) is 77.4 cm³/mol. The molecular weight excluding hydrogens is 272 g/mol. The maximum Gasteiger partial charge on any atom is 0.346 e. The fourth-order valence-corrected chi connectivity index (χ4v) is 1.99. The molecule has 21 heavy (non-hydrogen) atoms. The molecule has 0 aromatic rings. The molecule has 1 aliphatic heterocycles. The van der Waals surface area contributed by atoms with Gasteiger partial charge in [0.25, 0.3) is 0 Å². The molecule has 1 heterocycles. The number of unbranched alkanes of at least 4 members (excludes halogenated alkanes) is 4. The Bertz CT molecular complexity index is 497. The minimum Gasteiger partial charge on any atom is -0.481 e. The second kappa shape index (κ2) is 8.89. The monoisotopic (exact) mass is 292 g/mol. The highest BCUT2D eigenvalue weighted by Crippen LogP contribution is 2.22. The number of cyclic esters (lactones) is 2. The molecule has 0 saturated carbocycles. The second-order valence-corrected chi connectivity index (χ2v) is 4.75. The Morgan fingerprint density at radius 2 is 1.76 bits per heavy atom. The van der Waals surface area contributed by atoms with Crippen molar-refractivity contribution in [3.63, 3.8) is 0 Å². The molecule has 0 spiro atoms. The molecule has 0 atom stereocenters. The van der Waals surface area contributed by atoms with Crippen LogP contribution in [0.2, 0.25) is 0 Å². The molecular formula is C16H20O5. The van der Waals surface area contributed by atoms with Crippen LogP contribution in [0.3, 0.4) is 0 Å². The van der Waals surface area contributed by atoms with Crippen LogP contribution in [0.15, 0.2) is 35.5 Å². The quantitative estimate of drug-likeness (QED) is 0.306. The minimum atomic E-state index is -1.16. The summed E-state index contributed by atoms with van der Waals surface area (Å²) in [6, 6.07) is 0. The molecule has 1 aliphatic rings. The van der Waals surface area contributed by atoms with Crippen molar-refractivity contribution in [3.05, 3.63) is 35.5 Å². The van der Waals surface area contributed by atoms with Gasteiger partial charge in [0.2, 0.25) is 0 Å². The lowest BCUT2D eigenvalue weighted by Crippen LogP contribution is -2.05. The first-order valence-corrected chi connectivity index (χ1v) is 7.05. The Morgan fingerprint density at radius 1 is 1.10 bits per heavy atom. The van der Waals surface area contributed by atoms with Gasteiger partial charge in [-0.25, -0.2) is 9.59 Å². The zero-order valence-electron chi connectivity index (χ0n) is 12.1. The van der Waals surface area contributed by atoms with Crippen LogP contribution in [0.1, 0.15) is 45.4 Å².